The normalized spacial score (nSPS) is 6.53. The molecule has 0 aliphatic carbocycles. The first-order chi connectivity index (χ1) is 7.30. The molecule has 0 N–H and O–H groups in total. The van der Waals surface area contributed by atoms with Gasteiger partial charge in [0.1, 0.15) is 0 Å². The van der Waals surface area contributed by atoms with Gasteiger partial charge < -0.3 is 9.90 Å². The van der Waals surface area contributed by atoms with Crippen LogP contribution < -0.4 is 5.11 Å². The molecule has 0 fully saturated rings. The number of aromatic carboxylic acids is 1. The monoisotopic (exact) mass is 211 g/mol. The minimum absolute atomic E-state index is 0.220. The van der Waals surface area contributed by atoms with Crippen molar-refractivity contribution in [3.05, 3.63) is 35.9 Å². The second-order valence-electron chi connectivity index (χ2n) is 1.65. The fourth-order valence-corrected chi connectivity index (χ4v) is 0.574. The summed E-state index contributed by atoms with van der Waals surface area (Å²) in [5, 5.41) is 10.1. The number of carboxylic acids is 1. The Bertz CT molecular complexity index is 205. The molecule has 0 aliphatic heterocycles. The molecule has 2 heteroatoms. The molecule has 15 heavy (non-hydrogen) atoms. The summed E-state index contributed by atoms with van der Waals surface area (Å²) >= 11 is 0. The number of hydrogen-bond acceptors (Lipinski definition) is 2. The van der Waals surface area contributed by atoms with Crippen molar-refractivity contribution in [2.75, 3.05) is 0 Å². The zero-order valence-corrected chi connectivity index (χ0v) is 10.7. The van der Waals surface area contributed by atoms with Crippen molar-refractivity contribution in [3.63, 3.8) is 0 Å². The Morgan fingerprint density at radius 3 is 1.40 bits per heavy atom. The lowest BCUT2D eigenvalue weighted by Crippen LogP contribution is -2.21. The predicted octanol–water partition coefficient (Wildman–Crippen LogP) is 3.13. The van der Waals surface area contributed by atoms with E-state index in [1.165, 1.54) is 12.1 Å². The first-order valence-corrected chi connectivity index (χ1v) is 5.57. The van der Waals surface area contributed by atoms with E-state index in [4.69, 9.17) is 0 Å². The molecule has 1 aromatic rings. The van der Waals surface area contributed by atoms with Crippen LogP contribution in [0.1, 0.15) is 51.9 Å². The van der Waals surface area contributed by atoms with Crippen molar-refractivity contribution < 1.29 is 9.90 Å². The van der Waals surface area contributed by atoms with Gasteiger partial charge >= 0.3 is 0 Å². The standard InChI is InChI=1S/C7H6O2.3C2H6/c8-7(9)6-4-2-1-3-5-6;3*1-2/h1-5H,(H,8,9);3*1-2H3/p-1. The summed E-state index contributed by atoms with van der Waals surface area (Å²) in [4.78, 5) is 10.1. The van der Waals surface area contributed by atoms with Crippen molar-refractivity contribution in [2.24, 2.45) is 0 Å². The third-order valence-electron chi connectivity index (χ3n) is 1.01. The molecule has 0 saturated carbocycles. The van der Waals surface area contributed by atoms with Crippen molar-refractivity contribution in [3.8, 4) is 0 Å². The van der Waals surface area contributed by atoms with Gasteiger partial charge in [-0.3, -0.25) is 0 Å². The van der Waals surface area contributed by atoms with Crippen molar-refractivity contribution in [1.29, 1.82) is 0 Å². The number of carbonyl (C=O) groups is 1. The zero-order valence-electron chi connectivity index (χ0n) is 10.7. The lowest BCUT2D eigenvalue weighted by atomic mass is 10.2. The summed E-state index contributed by atoms with van der Waals surface area (Å²) in [5.74, 6) is -1.13. The van der Waals surface area contributed by atoms with E-state index in [2.05, 4.69) is 0 Å². The highest BCUT2D eigenvalue weighted by Crippen LogP contribution is 1.94. The topological polar surface area (TPSA) is 40.1 Å². The van der Waals surface area contributed by atoms with Crippen molar-refractivity contribution in [1.82, 2.24) is 0 Å². The van der Waals surface area contributed by atoms with Gasteiger partial charge in [-0.25, -0.2) is 0 Å². The van der Waals surface area contributed by atoms with Crippen LogP contribution in [0.25, 0.3) is 0 Å². The molecule has 2 nitrogen and oxygen atoms in total. The second-order valence-corrected chi connectivity index (χ2v) is 1.65. The number of rotatable bonds is 1. The van der Waals surface area contributed by atoms with Crippen LogP contribution in [0.4, 0.5) is 0 Å². The van der Waals surface area contributed by atoms with E-state index in [1.807, 2.05) is 41.5 Å². The molecule has 88 valence electrons. The SMILES string of the molecule is CC.CC.CC.O=C([O-])c1ccccc1. The third-order valence-corrected chi connectivity index (χ3v) is 1.01. The maximum absolute atomic E-state index is 10.1. The van der Waals surface area contributed by atoms with E-state index in [1.54, 1.807) is 18.2 Å². The van der Waals surface area contributed by atoms with Crippen molar-refractivity contribution >= 4 is 5.97 Å². The van der Waals surface area contributed by atoms with Crippen LogP contribution in [0.15, 0.2) is 30.3 Å². The third kappa shape index (κ3) is 12.7. The molecule has 0 atom stereocenters. The van der Waals surface area contributed by atoms with Crippen molar-refractivity contribution in [2.45, 2.75) is 41.5 Å². The van der Waals surface area contributed by atoms with Gasteiger partial charge in [-0.2, -0.15) is 0 Å². The summed E-state index contributed by atoms with van der Waals surface area (Å²) < 4.78 is 0. The molecule has 0 heterocycles. The molecule has 0 spiro atoms. The number of hydrogen-bond donors (Lipinski definition) is 0. The van der Waals surface area contributed by atoms with Gasteiger partial charge in [0.05, 0.1) is 5.97 Å². The summed E-state index contributed by atoms with van der Waals surface area (Å²) in [7, 11) is 0. The molecule has 0 aliphatic rings. The quantitative estimate of drug-likeness (QED) is 0.716. The highest BCUT2D eigenvalue weighted by molar-refractivity contribution is 5.85. The van der Waals surface area contributed by atoms with Gasteiger partial charge in [0, 0.05) is 0 Å². The van der Waals surface area contributed by atoms with Gasteiger partial charge in [-0.15, -0.1) is 0 Å². The first kappa shape index (κ1) is 19.3. The van der Waals surface area contributed by atoms with Crippen LogP contribution in [0.2, 0.25) is 0 Å². The number of carboxylic acid groups (broad SMARTS) is 1. The Morgan fingerprint density at radius 1 is 0.867 bits per heavy atom. The van der Waals surface area contributed by atoms with E-state index in [-0.39, 0.29) is 5.56 Å². The van der Waals surface area contributed by atoms with E-state index in [0.717, 1.165) is 0 Å². The van der Waals surface area contributed by atoms with Gasteiger partial charge in [0.25, 0.3) is 0 Å². The molecular formula is C13H23O2-. The molecule has 0 bridgehead atoms. The largest absolute Gasteiger partial charge is 0.545 e. The summed E-state index contributed by atoms with van der Waals surface area (Å²) in [6.07, 6.45) is 0. The van der Waals surface area contributed by atoms with Gasteiger partial charge in [0.2, 0.25) is 0 Å². The molecule has 0 saturated heterocycles. The smallest absolute Gasteiger partial charge is 0.0715 e. The van der Waals surface area contributed by atoms with Crippen LogP contribution in [0.3, 0.4) is 0 Å². The fourth-order valence-electron chi connectivity index (χ4n) is 0.574. The van der Waals surface area contributed by atoms with Crippen LogP contribution in [-0.2, 0) is 0 Å². The molecular weight excluding hydrogens is 188 g/mol. The predicted molar refractivity (Wildman–Crippen MR) is 64.8 cm³/mol. The highest BCUT2D eigenvalue weighted by atomic mass is 16.4. The number of benzene rings is 1. The van der Waals surface area contributed by atoms with E-state index < -0.39 is 5.97 Å². The Labute approximate surface area is 94.0 Å². The molecule has 0 radical (unpaired) electrons. The Balaban J connectivity index is -0.000000208. The van der Waals surface area contributed by atoms with Gasteiger partial charge in [-0.1, -0.05) is 71.9 Å². The van der Waals surface area contributed by atoms with E-state index >= 15 is 0 Å². The molecule has 1 aromatic carbocycles. The van der Waals surface area contributed by atoms with Crippen LogP contribution in [-0.4, -0.2) is 5.97 Å². The lowest BCUT2D eigenvalue weighted by Gasteiger charge is -1.97. The second kappa shape index (κ2) is 18.5. The average molecular weight is 211 g/mol. The molecule has 0 aromatic heterocycles. The van der Waals surface area contributed by atoms with E-state index in [0.29, 0.717) is 0 Å². The van der Waals surface area contributed by atoms with Gasteiger partial charge in [0.15, 0.2) is 0 Å². The maximum atomic E-state index is 10.1. The van der Waals surface area contributed by atoms with Crippen LogP contribution in [0.5, 0.6) is 0 Å². The Hall–Kier alpha value is -1.31. The average Bonchev–Trinajstić information content (AvgIpc) is 2.38. The molecule has 1 rings (SSSR count). The maximum Gasteiger partial charge on any atom is 0.0715 e. The van der Waals surface area contributed by atoms with E-state index in [9.17, 15) is 9.90 Å². The zero-order chi connectivity index (χ0) is 12.7. The summed E-state index contributed by atoms with van der Waals surface area (Å²) in [5.41, 5.74) is 0.220. The minimum atomic E-state index is -1.13. The molecule has 0 unspecified atom stereocenters. The first-order valence-electron chi connectivity index (χ1n) is 5.57. The molecule has 0 amide bonds. The Morgan fingerprint density at radius 2 is 1.20 bits per heavy atom. The number of carbonyl (C=O) groups excluding carboxylic acids is 1. The fraction of sp³-hybridized carbons (Fsp3) is 0.462. The lowest BCUT2D eigenvalue weighted by molar-refractivity contribution is -0.255. The van der Waals surface area contributed by atoms with Crippen LogP contribution >= 0.6 is 0 Å². The minimum Gasteiger partial charge on any atom is -0.545 e. The van der Waals surface area contributed by atoms with Crippen LogP contribution in [0, 0.1) is 0 Å². The Kier molecular flexibility index (Phi) is 23.8. The summed E-state index contributed by atoms with van der Waals surface area (Å²) in [6.45, 7) is 12.0. The van der Waals surface area contributed by atoms with Gasteiger partial charge in [-0.05, 0) is 5.56 Å². The highest BCUT2D eigenvalue weighted by Gasteiger charge is 1.85. The summed E-state index contributed by atoms with van der Waals surface area (Å²) in [6, 6.07) is 8.06.